The molecule has 16 heavy (non-hydrogen) atoms. The number of Topliss-reactive ketones (excluding diaryl/α,β-unsaturated/α-hetero) is 1. The third-order valence-electron chi connectivity index (χ3n) is 4.74. The fourth-order valence-electron chi connectivity index (χ4n) is 3.47. The summed E-state index contributed by atoms with van der Waals surface area (Å²) in [5, 5.41) is 0.217. The van der Waals surface area contributed by atoms with Crippen molar-refractivity contribution in [1.82, 2.24) is 10.9 Å². The van der Waals surface area contributed by atoms with Crippen molar-refractivity contribution in [2.75, 3.05) is 6.54 Å². The third kappa shape index (κ3) is 1.45. The maximum Gasteiger partial charge on any atom is 0.178 e. The van der Waals surface area contributed by atoms with E-state index in [9.17, 15) is 4.79 Å². The first-order chi connectivity index (χ1) is 7.40. The van der Waals surface area contributed by atoms with Gasteiger partial charge in [0.1, 0.15) is 5.78 Å². The van der Waals surface area contributed by atoms with Crippen LogP contribution in [-0.4, -0.2) is 17.4 Å². The molecule has 90 valence electrons. The molecule has 2 fully saturated rings. The van der Waals surface area contributed by atoms with E-state index in [4.69, 9.17) is 18.0 Å². The standard InChI is InChI=1S/C11H19N3OS/c1-10(2)7-3-4-11(10,8(15)5-7)6-13-14-9(12)16/h7,13H,3-6H2,1-2H3,(H3,12,14,16). The van der Waals surface area contributed by atoms with Crippen LogP contribution in [0.15, 0.2) is 0 Å². The Morgan fingerprint density at radius 3 is 2.75 bits per heavy atom. The lowest BCUT2D eigenvalue weighted by atomic mass is 9.69. The van der Waals surface area contributed by atoms with Crippen LogP contribution in [0, 0.1) is 16.7 Å². The Balaban J connectivity index is 2.10. The summed E-state index contributed by atoms with van der Waals surface area (Å²) in [6.45, 7) is 5.03. The molecule has 2 atom stereocenters. The van der Waals surface area contributed by atoms with Crippen LogP contribution < -0.4 is 16.6 Å². The van der Waals surface area contributed by atoms with E-state index in [2.05, 4.69) is 24.7 Å². The zero-order valence-corrected chi connectivity index (χ0v) is 10.6. The highest BCUT2D eigenvalue weighted by Gasteiger charge is 2.63. The first kappa shape index (κ1) is 11.8. The normalized spacial score (nSPS) is 35.4. The number of nitrogens with two attached hydrogens (primary N) is 1. The molecule has 0 aliphatic heterocycles. The Bertz CT molecular complexity index is 342. The van der Waals surface area contributed by atoms with Crippen molar-refractivity contribution in [2.24, 2.45) is 22.5 Å². The predicted molar refractivity (Wildman–Crippen MR) is 66.5 cm³/mol. The highest BCUT2D eigenvalue weighted by molar-refractivity contribution is 7.80. The zero-order chi connectivity index (χ0) is 12.0. The molecule has 2 unspecified atom stereocenters. The van der Waals surface area contributed by atoms with Crippen LogP contribution in [0.5, 0.6) is 0 Å². The lowest BCUT2D eigenvalue weighted by Gasteiger charge is -2.36. The van der Waals surface area contributed by atoms with E-state index in [-0.39, 0.29) is 15.9 Å². The summed E-state index contributed by atoms with van der Waals surface area (Å²) < 4.78 is 0. The van der Waals surface area contributed by atoms with E-state index in [1.807, 2.05) is 0 Å². The van der Waals surface area contributed by atoms with Crippen LogP contribution in [-0.2, 0) is 4.79 Å². The molecule has 4 N–H and O–H groups in total. The van der Waals surface area contributed by atoms with Gasteiger partial charge in [-0.1, -0.05) is 13.8 Å². The van der Waals surface area contributed by atoms with Crippen LogP contribution in [0.2, 0.25) is 0 Å². The number of carbonyl (C=O) groups is 1. The maximum atomic E-state index is 12.1. The van der Waals surface area contributed by atoms with E-state index in [0.29, 0.717) is 18.2 Å². The second-order valence-corrected chi connectivity index (χ2v) is 5.95. The molecule has 0 heterocycles. The molecule has 4 nitrogen and oxygen atoms in total. The fraction of sp³-hybridized carbons (Fsp3) is 0.818. The van der Waals surface area contributed by atoms with E-state index < -0.39 is 0 Å². The Morgan fingerprint density at radius 2 is 2.31 bits per heavy atom. The Kier molecular flexibility index (Phi) is 2.70. The number of thiocarbonyl (C=S) groups is 1. The summed E-state index contributed by atoms with van der Waals surface area (Å²) in [7, 11) is 0. The summed E-state index contributed by atoms with van der Waals surface area (Å²) in [5.74, 6) is 0.942. The van der Waals surface area contributed by atoms with Gasteiger partial charge in [0, 0.05) is 18.4 Å². The minimum absolute atomic E-state index is 0.0922. The molecule has 2 aliphatic carbocycles. The first-order valence-electron chi connectivity index (χ1n) is 5.72. The molecule has 0 aromatic carbocycles. The Hall–Kier alpha value is -0.680. The molecule has 0 radical (unpaired) electrons. The minimum atomic E-state index is -0.227. The van der Waals surface area contributed by atoms with E-state index in [1.165, 1.54) is 0 Å². The van der Waals surface area contributed by atoms with Crippen molar-refractivity contribution in [3.63, 3.8) is 0 Å². The van der Waals surface area contributed by atoms with Crippen LogP contribution in [0.4, 0.5) is 0 Å². The topological polar surface area (TPSA) is 67.2 Å². The second kappa shape index (κ2) is 3.67. The SMILES string of the molecule is CC1(C)C2CCC1(CNNC(N)=S)C(=O)C2. The van der Waals surface area contributed by atoms with Gasteiger partial charge in [-0.2, -0.15) is 0 Å². The molecular weight excluding hydrogens is 222 g/mol. The summed E-state index contributed by atoms with van der Waals surface area (Å²) >= 11 is 4.72. The molecule has 0 saturated heterocycles. The average molecular weight is 241 g/mol. The van der Waals surface area contributed by atoms with Crippen LogP contribution in [0.25, 0.3) is 0 Å². The van der Waals surface area contributed by atoms with Gasteiger partial charge in [-0.05, 0) is 36.4 Å². The van der Waals surface area contributed by atoms with Crippen molar-refractivity contribution < 1.29 is 4.79 Å². The lowest BCUT2D eigenvalue weighted by molar-refractivity contribution is -0.129. The Labute approximate surface area is 101 Å². The second-order valence-electron chi connectivity index (χ2n) is 5.51. The third-order valence-corrected chi connectivity index (χ3v) is 4.84. The highest BCUT2D eigenvalue weighted by Crippen LogP contribution is 2.63. The number of nitrogens with one attached hydrogen (secondary N) is 2. The van der Waals surface area contributed by atoms with Gasteiger partial charge in [0.15, 0.2) is 5.11 Å². The number of carbonyl (C=O) groups excluding carboxylic acids is 1. The summed E-state index contributed by atoms with van der Waals surface area (Å²) in [6, 6.07) is 0. The number of hydrogen-bond acceptors (Lipinski definition) is 3. The molecule has 0 aromatic heterocycles. The highest BCUT2D eigenvalue weighted by atomic mass is 32.1. The molecule has 2 bridgehead atoms. The number of ketones is 1. The molecule has 2 rings (SSSR count). The monoisotopic (exact) mass is 241 g/mol. The van der Waals surface area contributed by atoms with Crippen molar-refractivity contribution in [2.45, 2.75) is 33.1 Å². The van der Waals surface area contributed by atoms with Gasteiger partial charge < -0.3 is 5.73 Å². The van der Waals surface area contributed by atoms with Gasteiger partial charge in [-0.15, -0.1) is 0 Å². The van der Waals surface area contributed by atoms with Gasteiger partial charge in [0.2, 0.25) is 0 Å². The molecule has 0 amide bonds. The van der Waals surface area contributed by atoms with Crippen LogP contribution in [0.1, 0.15) is 33.1 Å². The molecule has 2 aliphatic rings. The summed E-state index contributed by atoms with van der Waals surface area (Å²) in [6.07, 6.45) is 2.88. The number of hydrazine groups is 1. The minimum Gasteiger partial charge on any atom is -0.375 e. The van der Waals surface area contributed by atoms with Crippen LogP contribution in [0.3, 0.4) is 0 Å². The number of rotatable bonds is 3. The van der Waals surface area contributed by atoms with Crippen molar-refractivity contribution in [3.8, 4) is 0 Å². The Morgan fingerprint density at radius 1 is 1.62 bits per heavy atom. The molecule has 5 heteroatoms. The van der Waals surface area contributed by atoms with Crippen LogP contribution >= 0.6 is 12.2 Å². The first-order valence-corrected chi connectivity index (χ1v) is 6.12. The van der Waals surface area contributed by atoms with Gasteiger partial charge in [0.05, 0.1) is 0 Å². The number of fused-ring (bicyclic) bond motifs is 2. The maximum absolute atomic E-state index is 12.1. The number of hydrogen-bond donors (Lipinski definition) is 3. The van der Waals surface area contributed by atoms with Gasteiger partial charge in [0.25, 0.3) is 0 Å². The van der Waals surface area contributed by atoms with Crippen molar-refractivity contribution >= 4 is 23.1 Å². The lowest BCUT2D eigenvalue weighted by Crippen LogP contribution is -2.51. The van der Waals surface area contributed by atoms with Crippen molar-refractivity contribution in [3.05, 3.63) is 0 Å². The smallest absolute Gasteiger partial charge is 0.178 e. The van der Waals surface area contributed by atoms with E-state index >= 15 is 0 Å². The predicted octanol–water partition coefficient (Wildman–Crippen LogP) is 0.720. The van der Waals surface area contributed by atoms with E-state index in [1.54, 1.807) is 0 Å². The van der Waals surface area contributed by atoms with E-state index in [0.717, 1.165) is 19.3 Å². The summed E-state index contributed by atoms with van der Waals surface area (Å²) in [5.41, 5.74) is 10.9. The largest absolute Gasteiger partial charge is 0.375 e. The fourth-order valence-corrected chi connectivity index (χ4v) is 3.54. The summed E-state index contributed by atoms with van der Waals surface area (Å²) in [4.78, 5) is 12.1. The molecule has 0 aromatic rings. The average Bonchev–Trinajstić information content (AvgIpc) is 2.50. The van der Waals surface area contributed by atoms with Gasteiger partial charge in [-0.3, -0.25) is 10.2 Å². The molecule has 0 spiro atoms. The molecular formula is C11H19N3OS. The van der Waals surface area contributed by atoms with Gasteiger partial charge in [-0.25, -0.2) is 5.43 Å². The zero-order valence-electron chi connectivity index (χ0n) is 9.80. The molecule has 2 saturated carbocycles. The van der Waals surface area contributed by atoms with Gasteiger partial charge >= 0.3 is 0 Å². The quantitative estimate of drug-likeness (QED) is 0.502. The van der Waals surface area contributed by atoms with Crippen molar-refractivity contribution in [1.29, 1.82) is 0 Å².